The molecule has 8 rings (SSSR count). The Hall–Kier alpha value is -5.68. The van der Waals surface area contributed by atoms with E-state index >= 15 is 0 Å². The smallest absolute Gasteiger partial charge is 0.303 e. The van der Waals surface area contributed by atoms with Crippen LogP contribution in [0.2, 0.25) is 0 Å². The minimum atomic E-state index is -0.807. The largest absolute Gasteiger partial charge is 0.457 e. The average molecular weight is 866 g/mol. The standard InChI is InChI=1S/C53H63N5O6/c1-13-35-28(8)38-23-41-44(24(3)4)31(11)48(56-41)46(33-16-18-34(19-17-33)52(62)58-53-51(63-32(12)60)27(7)26(6)43(14-2)64-53)47-29(9)36(20-15-25(5)59)49(57-47)37-21-42(61)45-30(10)39(55-50(37)45)22-40(35)54-38/h16-19,22-24,26-27,29,36,43,51,53,55-56H,13-15,20-21H2,1-12H3,(H,58,62)/t26?,27?,29-,36-,43?,51?,53?/m0/s1. The number of amides is 1. The van der Waals surface area contributed by atoms with Gasteiger partial charge in [-0.1, -0.05) is 60.6 Å². The van der Waals surface area contributed by atoms with Gasteiger partial charge >= 0.3 is 5.97 Å². The zero-order chi connectivity index (χ0) is 46.0. The van der Waals surface area contributed by atoms with E-state index in [0.717, 1.165) is 96.6 Å². The van der Waals surface area contributed by atoms with Crippen LogP contribution in [0, 0.1) is 25.7 Å². The first-order valence-corrected chi connectivity index (χ1v) is 23.2. The Bertz CT molecular complexity index is 2790. The number of carbonyl (C=O) groups excluding carboxylic acids is 4. The number of nitrogens with zero attached hydrogens (tertiary/aromatic N) is 2. The van der Waals surface area contributed by atoms with Crippen LogP contribution in [0.5, 0.6) is 0 Å². The lowest BCUT2D eigenvalue weighted by molar-refractivity contribution is -0.199. The zero-order valence-corrected chi connectivity index (χ0v) is 39.5. The van der Waals surface area contributed by atoms with Crippen molar-refractivity contribution in [2.75, 3.05) is 0 Å². The maximum atomic E-state index is 14.1. The monoisotopic (exact) mass is 865 g/mol. The van der Waals surface area contributed by atoms with E-state index < -0.39 is 18.3 Å². The SMILES string of the molecule is CCC1=C(C)c2cc3[nH]c(c(C)c3C(C)C)c(-c3ccc(C(=O)NC4OC(CC)C(C)C(C)C4OC(C)=O)cc3)c3nc(c4c5[nH]c(cc1n2)c(C)c5C(=O)C4)[C@@H](CCC(C)=O)[C@@H]3C. The second-order valence-electron chi connectivity index (χ2n) is 19.0. The number of benzene rings is 1. The second kappa shape index (κ2) is 17.4. The molecule has 7 atom stereocenters. The van der Waals surface area contributed by atoms with Gasteiger partial charge in [0.25, 0.3) is 5.91 Å². The summed E-state index contributed by atoms with van der Waals surface area (Å²) in [6.07, 6.45) is 1.22. The first kappa shape index (κ1) is 44.9. The van der Waals surface area contributed by atoms with E-state index in [-0.39, 0.29) is 59.6 Å². The Kier molecular flexibility index (Phi) is 12.2. The molecule has 1 aromatic carbocycles. The van der Waals surface area contributed by atoms with Crippen molar-refractivity contribution in [3.05, 3.63) is 92.6 Å². The van der Waals surface area contributed by atoms with Gasteiger partial charge in [0.05, 0.1) is 39.9 Å². The number of allylic oxidation sites excluding steroid dienone is 2. The van der Waals surface area contributed by atoms with Crippen LogP contribution >= 0.6 is 0 Å². The predicted molar refractivity (Wildman–Crippen MR) is 252 cm³/mol. The highest BCUT2D eigenvalue weighted by atomic mass is 16.6. The van der Waals surface area contributed by atoms with Crippen LogP contribution in [0.4, 0.5) is 0 Å². The van der Waals surface area contributed by atoms with Crippen molar-refractivity contribution in [3.8, 4) is 11.1 Å². The summed E-state index contributed by atoms with van der Waals surface area (Å²) in [5.41, 5.74) is 16.2. The fourth-order valence-electron chi connectivity index (χ4n) is 11.0. The molecule has 1 aliphatic carbocycles. The van der Waals surface area contributed by atoms with Crippen molar-refractivity contribution in [2.24, 2.45) is 11.8 Å². The highest BCUT2D eigenvalue weighted by Gasteiger charge is 2.44. The number of rotatable bonds is 10. The number of nitrogens with one attached hydrogen (secondary N) is 3. The van der Waals surface area contributed by atoms with Crippen molar-refractivity contribution in [2.45, 2.75) is 151 Å². The third-order valence-corrected chi connectivity index (χ3v) is 14.6. The number of esters is 1. The number of hydrogen-bond acceptors (Lipinski definition) is 8. The number of fused-ring (bicyclic) bond motifs is 8. The van der Waals surface area contributed by atoms with Crippen molar-refractivity contribution in [1.82, 2.24) is 25.3 Å². The van der Waals surface area contributed by atoms with Crippen LogP contribution in [0.1, 0.15) is 178 Å². The minimum Gasteiger partial charge on any atom is -0.457 e. The molecule has 3 N–H and O–H groups in total. The summed E-state index contributed by atoms with van der Waals surface area (Å²) in [4.78, 5) is 71.2. The molecule has 6 heterocycles. The highest BCUT2D eigenvalue weighted by Crippen LogP contribution is 2.48. The van der Waals surface area contributed by atoms with E-state index in [1.165, 1.54) is 12.5 Å². The van der Waals surface area contributed by atoms with Gasteiger partial charge in [-0.15, -0.1) is 0 Å². The lowest BCUT2D eigenvalue weighted by Crippen LogP contribution is -2.57. The number of hydrogen-bond donors (Lipinski definition) is 3. The second-order valence-corrected chi connectivity index (χ2v) is 19.0. The fourth-order valence-corrected chi connectivity index (χ4v) is 11.0. The van der Waals surface area contributed by atoms with E-state index in [2.05, 4.69) is 82.8 Å². The third-order valence-electron chi connectivity index (χ3n) is 14.6. The number of aryl methyl sites for hydroxylation is 2. The van der Waals surface area contributed by atoms with E-state index in [1.54, 1.807) is 6.92 Å². The Morgan fingerprint density at radius 1 is 0.875 bits per heavy atom. The molecule has 1 fully saturated rings. The quantitative estimate of drug-likeness (QED) is 0.133. The van der Waals surface area contributed by atoms with Gasteiger partial charge < -0.3 is 29.6 Å². The van der Waals surface area contributed by atoms with Gasteiger partial charge in [0.15, 0.2) is 12.0 Å². The third kappa shape index (κ3) is 7.73. The lowest BCUT2D eigenvalue weighted by Gasteiger charge is -2.44. The molecule has 64 heavy (non-hydrogen) atoms. The number of ketones is 2. The van der Waals surface area contributed by atoms with Gasteiger partial charge in [0, 0.05) is 70.8 Å². The molecule has 4 aliphatic rings. The van der Waals surface area contributed by atoms with E-state index in [9.17, 15) is 19.2 Å². The number of Topliss-reactive ketones (excluding diaryl/α,β-unsaturated/α-hetero) is 2. The van der Waals surface area contributed by atoms with E-state index in [0.29, 0.717) is 24.0 Å². The summed E-state index contributed by atoms with van der Waals surface area (Å²) < 4.78 is 12.1. The molecule has 336 valence electrons. The van der Waals surface area contributed by atoms with Gasteiger partial charge in [-0.2, -0.15) is 0 Å². The molecular formula is C53H63N5O6. The molecule has 4 aromatic rings. The van der Waals surface area contributed by atoms with Crippen LogP contribution in [-0.2, 0) is 25.5 Å². The molecule has 0 spiro atoms. The Morgan fingerprint density at radius 3 is 2.20 bits per heavy atom. The number of aromatic amines is 2. The van der Waals surface area contributed by atoms with Gasteiger partial charge in [0.1, 0.15) is 11.9 Å². The van der Waals surface area contributed by atoms with Gasteiger partial charge in [-0.3, -0.25) is 19.4 Å². The highest BCUT2D eigenvalue weighted by molar-refractivity contribution is 6.13. The normalized spacial score (nSPS) is 23.0. The van der Waals surface area contributed by atoms with Crippen LogP contribution in [0.15, 0.2) is 36.4 Å². The topological polar surface area (TPSA) is 156 Å². The molecule has 1 amide bonds. The van der Waals surface area contributed by atoms with Gasteiger partial charge in [-0.25, -0.2) is 4.98 Å². The molecule has 5 unspecified atom stereocenters. The number of ether oxygens (including phenoxy) is 2. The van der Waals surface area contributed by atoms with E-state index in [4.69, 9.17) is 19.4 Å². The first-order chi connectivity index (χ1) is 30.4. The summed E-state index contributed by atoms with van der Waals surface area (Å²) in [7, 11) is 0. The van der Waals surface area contributed by atoms with Crippen LogP contribution in [0.3, 0.4) is 0 Å². The molecule has 0 saturated carbocycles. The summed E-state index contributed by atoms with van der Waals surface area (Å²) in [5.74, 6) is -0.586. The molecule has 3 aromatic heterocycles. The molecular weight excluding hydrogens is 803 g/mol. The van der Waals surface area contributed by atoms with E-state index in [1.807, 2.05) is 38.1 Å². The Labute approximate surface area is 376 Å². The van der Waals surface area contributed by atoms with Gasteiger partial charge in [0.2, 0.25) is 0 Å². The molecule has 8 bridgehead atoms. The van der Waals surface area contributed by atoms with Crippen LogP contribution in [0.25, 0.3) is 44.3 Å². The average Bonchev–Trinajstić information content (AvgIpc) is 4.01. The molecule has 11 nitrogen and oxygen atoms in total. The van der Waals surface area contributed by atoms with Crippen molar-refractivity contribution in [3.63, 3.8) is 0 Å². The predicted octanol–water partition coefficient (Wildman–Crippen LogP) is 11.1. The Balaban J connectivity index is 1.37. The maximum absolute atomic E-state index is 14.1. The summed E-state index contributed by atoms with van der Waals surface area (Å²) in [6, 6.07) is 11.8. The molecule has 1 saturated heterocycles. The molecule has 0 radical (unpaired) electrons. The van der Waals surface area contributed by atoms with Crippen molar-refractivity contribution in [1.29, 1.82) is 0 Å². The number of aromatic nitrogens is 4. The zero-order valence-electron chi connectivity index (χ0n) is 39.5. The first-order valence-electron chi connectivity index (χ1n) is 23.2. The van der Waals surface area contributed by atoms with Gasteiger partial charge in [-0.05, 0) is 116 Å². The van der Waals surface area contributed by atoms with Crippen molar-refractivity contribution < 1.29 is 28.7 Å². The number of carbonyl (C=O) groups is 4. The minimum absolute atomic E-state index is 0.0320. The summed E-state index contributed by atoms with van der Waals surface area (Å²) in [5, 5.41) is 3.05. The van der Waals surface area contributed by atoms with Crippen molar-refractivity contribution >= 4 is 56.7 Å². The molecule has 3 aliphatic heterocycles. The fraction of sp³-hybridized carbons (Fsp3) is 0.472. The van der Waals surface area contributed by atoms with Crippen LogP contribution < -0.4 is 5.32 Å². The summed E-state index contributed by atoms with van der Waals surface area (Å²) in [6.45, 7) is 24.2. The lowest BCUT2D eigenvalue weighted by atomic mass is 9.82. The summed E-state index contributed by atoms with van der Waals surface area (Å²) >= 11 is 0. The van der Waals surface area contributed by atoms with Crippen LogP contribution in [-0.4, -0.2) is 61.8 Å². The molecule has 11 heteroatoms. The Morgan fingerprint density at radius 2 is 1.56 bits per heavy atom. The maximum Gasteiger partial charge on any atom is 0.303 e. The number of H-pyrrole nitrogens is 2.